The van der Waals surface area contributed by atoms with Gasteiger partial charge >= 0.3 is 0 Å². The molecule has 0 aliphatic rings. The van der Waals surface area contributed by atoms with Crippen molar-refractivity contribution in [1.29, 1.82) is 0 Å². The highest BCUT2D eigenvalue weighted by Gasteiger charge is 1.88. The van der Waals surface area contributed by atoms with Gasteiger partial charge in [0.1, 0.15) is 0 Å². The Kier molecular flexibility index (Phi) is 3.41. The molecule has 0 saturated carbocycles. The lowest BCUT2D eigenvalue weighted by Gasteiger charge is -1.96. The summed E-state index contributed by atoms with van der Waals surface area (Å²) in [6.45, 7) is 0. The third-order valence-electron chi connectivity index (χ3n) is 1.45. The second-order valence-corrected chi connectivity index (χ2v) is 4.62. The topological polar surface area (TPSA) is 0 Å². The highest BCUT2D eigenvalue weighted by Crippen LogP contribution is 2.07. The Bertz CT molecular complexity index is 193. The van der Waals surface area contributed by atoms with E-state index in [1.54, 1.807) is 0 Å². The molecule has 0 atom stereocenters. The minimum atomic E-state index is 1.27. The van der Waals surface area contributed by atoms with Crippen molar-refractivity contribution >= 4 is 32.8 Å². The Hall–Kier alpha value is 0.167. The smallest absolute Gasteiger partial charge is 0.0130 e. The summed E-state index contributed by atoms with van der Waals surface area (Å²) >= 11 is 2.33. The van der Waals surface area contributed by atoms with E-state index in [9.17, 15) is 0 Å². The maximum absolute atomic E-state index is 2.33. The molecule has 54 valence electrons. The normalized spacial score (nSPS) is 10.1. The number of halogens is 1. The number of benzene rings is 1. The van der Waals surface area contributed by atoms with Gasteiger partial charge in [0.25, 0.3) is 0 Å². The Morgan fingerprint density at radius 3 is 2.30 bits per heavy atom. The van der Waals surface area contributed by atoms with Crippen molar-refractivity contribution in [3.63, 3.8) is 0 Å². The highest BCUT2D eigenvalue weighted by atomic mass is 127. The maximum Gasteiger partial charge on any atom is 0.0130 e. The molecular weight excluding hydrogens is 251 g/mol. The first-order valence-electron chi connectivity index (χ1n) is 3.57. The molecule has 0 aromatic heterocycles. The van der Waals surface area contributed by atoms with Crippen LogP contribution >= 0.6 is 22.6 Å². The van der Waals surface area contributed by atoms with E-state index in [4.69, 9.17) is 0 Å². The number of hydrogen-bond donors (Lipinski definition) is 0. The number of rotatable bonds is 2. The molecule has 1 aromatic carbocycles. The van der Waals surface area contributed by atoms with Gasteiger partial charge in [0.15, 0.2) is 0 Å². The standard InChI is InChI=1S/C8H11ISi/c9-8-3-1-7(2-4-8)5-6-10/h1-4H,5-6H2,10H3. The fraction of sp³-hybridized carbons (Fsp3) is 0.250. The molecule has 0 aliphatic carbocycles. The lowest BCUT2D eigenvalue weighted by Crippen LogP contribution is -1.82. The van der Waals surface area contributed by atoms with Crippen molar-refractivity contribution in [1.82, 2.24) is 0 Å². The summed E-state index contributed by atoms with van der Waals surface area (Å²) < 4.78 is 1.33. The van der Waals surface area contributed by atoms with E-state index in [1.807, 2.05) is 0 Å². The van der Waals surface area contributed by atoms with E-state index in [0.717, 1.165) is 0 Å². The average molecular weight is 262 g/mol. The van der Waals surface area contributed by atoms with Crippen molar-refractivity contribution in [3.05, 3.63) is 33.4 Å². The largest absolute Gasteiger partial charge is 0.0619 e. The molecule has 0 heterocycles. The summed E-state index contributed by atoms with van der Waals surface area (Å²) in [5.74, 6) is 0. The Morgan fingerprint density at radius 2 is 1.80 bits per heavy atom. The van der Waals surface area contributed by atoms with E-state index in [0.29, 0.717) is 0 Å². The zero-order valence-electron chi connectivity index (χ0n) is 6.10. The SMILES string of the molecule is [SiH3]CCc1ccc(I)cc1. The second-order valence-electron chi connectivity index (χ2n) is 2.38. The molecular formula is C8H11ISi. The number of aryl methyl sites for hydroxylation is 1. The summed E-state index contributed by atoms with van der Waals surface area (Å²) in [4.78, 5) is 0. The van der Waals surface area contributed by atoms with Gasteiger partial charge in [-0.05, 0) is 46.7 Å². The zero-order chi connectivity index (χ0) is 7.40. The molecule has 0 radical (unpaired) electrons. The Balaban J connectivity index is 2.69. The summed E-state index contributed by atoms with van der Waals surface area (Å²) in [5.41, 5.74) is 1.48. The van der Waals surface area contributed by atoms with Crippen LogP contribution in [0, 0.1) is 3.57 Å². The van der Waals surface area contributed by atoms with E-state index in [-0.39, 0.29) is 0 Å². The van der Waals surface area contributed by atoms with Crippen LogP contribution in [-0.2, 0) is 6.42 Å². The fourth-order valence-corrected chi connectivity index (χ4v) is 1.88. The van der Waals surface area contributed by atoms with Crippen molar-refractivity contribution in [3.8, 4) is 0 Å². The average Bonchev–Trinajstić information content (AvgIpc) is 1.95. The van der Waals surface area contributed by atoms with E-state index in [2.05, 4.69) is 46.9 Å². The van der Waals surface area contributed by atoms with Crippen LogP contribution in [0.15, 0.2) is 24.3 Å². The molecule has 2 heteroatoms. The van der Waals surface area contributed by atoms with Crippen molar-refractivity contribution in [2.75, 3.05) is 0 Å². The third-order valence-corrected chi connectivity index (χ3v) is 2.67. The summed E-state index contributed by atoms with van der Waals surface area (Å²) in [5, 5.41) is 0. The first-order valence-corrected chi connectivity index (χ1v) is 6.06. The first-order chi connectivity index (χ1) is 4.83. The van der Waals surface area contributed by atoms with Gasteiger partial charge in [-0.25, -0.2) is 0 Å². The highest BCUT2D eigenvalue weighted by molar-refractivity contribution is 14.1. The van der Waals surface area contributed by atoms with Gasteiger partial charge in [-0.2, -0.15) is 0 Å². The molecule has 0 saturated heterocycles. The predicted molar refractivity (Wildman–Crippen MR) is 57.6 cm³/mol. The van der Waals surface area contributed by atoms with Crippen LogP contribution in [0.1, 0.15) is 5.56 Å². The van der Waals surface area contributed by atoms with Crippen LogP contribution in [0.25, 0.3) is 0 Å². The summed E-state index contributed by atoms with van der Waals surface area (Å²) in [7, 11) is 1.32. The van der Waals surface area contributed by atoms with Crippen LogP contribution < -0.4 is 0 Å². The molecule has 0 bridgehead atoms. The lowest BCUT2D eigenvalue weighted by atomic mass is 10.2. The molecule has 0 fully saturated rings. The molecule has 0 nitrogen and oxygen atoms in total. The van der Waals surface area contributed by atoms with Crippen LogP contribution in [0.5, 0.6) is 0 Å². The Labute approximate surface area is 78.6 Å². The van der Waals surface area contributed by atoms with Gasteiger partial charge in [-0.1, -0.05) is 18.2 Å². The number of hydrogen-bond acceptors (Lipinski definition) is 0. The van der Waals surface area contributed by atoms with E-state index < -0.39 is 0 Å². The van der Waals surface area contributed by atoms with Gasteiger partial charge in [0, 0.05) is 13.8 Å². The van der Waals surface area contributed by atoms with Crippen LogP contribution in [0.3, 0.4) is 0 Å². The van der Waals surface area contributed by atoms with Crippen molar-refractivity contribution < 1.29 is 0 Å². The fourth-order valence-electron chi connectivity index (χ4n) is 0.940. The third kappa shape index (κ3) is 2.42. The monoisotopic (exact) mass is 262 g/mol. The van der Waals surface area contributed by atoms with Crippen LogP contribution in [0.4, 0.5) is 0 Å². The molecule has 1 aromatic rings. The maximum atomic E-state index is 2.33. The first kappa shape index (κ1) is 8.27. The van der Waals surface area contributed by atoms with Gasteiger partial charge in [-0.15, -0.1) is 0 Å². The summed E-state index contributed by atoms with van der Waals surface area (Å²) in [6.07, 6.45) is 1.27. The van der Waals surface area contributed by atoms with Gasteiger partial charge in [0.2, 0.25) is 0 Å². The van der Waals surface area contributed by atoms with Crippen molar-refractivity contribution in [2.24, 2.45) is 0 Å². The Morgan fingerprint density at radius 1 is 1.20 bits per heavy atom. The van der Waals surface area contributed by atoms with Gasteiger partial charge < -0.3 is 0 Å². The molecule has 0 spiro atoms. The molecule has 0 N–H and O–H groups in total. The minimum Gasteiger partial charge on any atom is -0.0619 e. The van der Waals surface area contributed by atoms with Crippen LogP contribution in [-0.4, -0.2) is 10.2 Å². The van der Waals surface area contributed by atoms with Gasteiger partial charge in [-0.3, -0.25) is 0 Å². The second kappa shape index (κ2) is 4.13. The zero-order valence-corrected chi connectivity index (χ0v) is 10.3. The predicted octanol–water partition coefficient (Wildman–Crippen LogP) is 1.62. The quantitative estimate of drug-likeness (QED) is 0.561. The van der Waals surface area contributed by atoms with Crippen LogP contribution in [0.2, 0.25) is 6.04 Å². The molecule has 10 heavy (non-hydrogen) atoms. The lowest BCUT2D eigenvalue weighted by molar-refractivity contribution is 1.13. The van der Waals surface area contributed by atoms with E-state index in [1.165, 1.54) is 31.8 Å². The van der Waals surface area contributed by atoms with Gasteiger partial charge in [0.05, 0.1) is 0 Å². The molecule has 0 amide bonds. The molecule has 0 aliphatic heterocycles. The minimum absolute atomic E-state index is 1.27. The summed E-state index contributed by atoms with van der Waals surface area (Å²) in [6, 6.07) is 10.2. The van der Waals surface area contributed by atoms with E-state index >= 15 is 0 Å². The van der Waals surface area contributed by atoms with Crippen molar-refractivity contribution in [2.45, 2.75) is 12.5 Å². The molecule has 0 unspecified atom stereocenters. The molecule has 1 rings (SSSR count).